The average molecular weight is 516 g/mol. The number of rotatable bonds is 6. The maximum atomic E-state index is 12.7. The Labute approximate surface area is 214 Å². The van der Waals surface area contributed by atoms with Crippen LogP contribution in [0, 0.1) is 0 Å². The van der Waals surface area contributed by atoms with Gasteiger partial charge < -0.3 is 39.5 Å². The van der Waals surface area contributed by atoms with Crippen LogP contribution < -0.4 is 21.5 Å². The summed E-state index contributed by atoms with van der Waals surface area (Å²) < 4.78 is 10.4. The van der Waals surface area contributed by atoms with Gasteiger partial charge in [-0.3, -0.25) is 0 Å². The van der Waals surface area contributed by atoms with Crippen LogP contribution in [0.2, 0.25) is 0 Å². The minimum atomic E-state index is -1.11. The van der Waals surface area contributed by atoms with Crippen LogP contribution in [-0.4, -0.2) is 20.4 Å². The van der Waals surface area contributed by atoms with Gasteiger partial charge >= 0.3 is 11.3 Å². The van der Waals surface area contributed by atoms with Gasteiger partial charge in [-0.1, -0.05) is 54.8 Å². The van der Waals surface area contributed by atoms with Crippen molar-refractivity contribution in [2.45, 2.75) is 12.8 Å². The number of phenols is 2. The molecule has 38 heavy (non-hydrogen) atoms. The topological polar surface area (TPSA) is 187 Å². The van der Waals surface area contributed by atoms with Crippen LogP contribution in [0.5, 0.6) is 34.5 Å². The van der Waals surface area contributed by atoms with E-state index in [1.807, 2.05) is 0 Å². The molecule has 0 saturated heterocycles. The lowest BCUT2D eigenvalue weighted by Crippen LogP contribution is -2.18. The van der Waals surface area contributed by atoms with Gasteiger partial charge in [-0.25, -0.2) is 9.59 Å². The molecule has 0 aliphatic carbocycles. The summed E-state index contributed by atoms with van der Waals surface area (Å²) in [7, 11) is 0. The van der Waals surface area contributed by atoms with Crippen molar-refractivity contribution in [1.82, 2.24) is 0 Å². The zero-order chi connectivity index (χ0) is 27.6. The monoisotopic (exact) mass is 516 g/mol. The van der Waals surface area contributed by atoms with E-state index in [1.54, 1.807) is 0 Å². The molecule has 0 amide bonds. The molecule has 194 valence electrons. The van der Waals surface area contributed by atoms with Crippen molar-refractivity contribution in [3.63, 3.8) is 0 Å². The Bertz CT molecular complexity index is 1570. The van der Waals surface area contributed by atoms with Gasteiger partial charge in [0.05, 0.1) is 11.1 Å². The third-order valence-corrected chi connectivity index (χ3v) is 5.68. The van der Waals surface area contributed by atoms with Crippen molar-refractivity contribution in [2.24, 2.45) is 0 Å². The molecule has 4 rings (SSSR count). The van der Waals surface area contributed by atoms with Gasteiger partial charge in [0.15, 0.2) is 0 Å². The van der Waals surface area contributed by atoms with E-state index in [9.17, 15) is 40.2 Å². The second-order valence-electron chi connectivity index (χ2n) is 8.31. The molecule has 0 bridgehead atoms. The van der Waals surface area contributed by atoms with Crippen LogP contribution in [0.3, 0.4) is 0 Å². The molecule has 4 N–H and O–H groups in total. The van der Waals surface area contributed by atoms with Crippen molar-refractivity contribution < 1.29 is 39.5 Å². The van der Waals surface area contributed by atoms with Crippen LogP contribution in [0.4, 0.5) is 0 Å². The standard InChI is InChI=1S/C28H22O10/c1-14(25-23(33)12-17(37-27(25)35)6-2-15-4-8-19(29)21(31)10-15)26-24(34)13-18(38-28(26)36)7-3-16-5-9-20(30)22(32)11-16/h2-14,29-34H,1H3/p-2/b6-2+,7-3+. The summed E-state index contributed by atoms with van der Waals surface area (Å²) in [5.41, 5.74) is -1.60. The van der Waals surface area contributed by atoms with Crippen LogP contribution in [0.1, 0.15) is 46.6 Å². The minimum absolute atomic E-state index is 0.0399. The number of phenolic OH excluding ortho intramolecular Hbond substituents is 2. The Morgan fingerprint density at radius 3 is 1.37 bits per heavy atom. The maximum absolute atomic E-state index is 12.7. The molecule has 0 saturated carbocycles. The fourth-order valence-corrected chi connectivity index (χ4v) is 3.76. The SMILES string of the molecule is CC(c1c(O)cc(/C=C/c2ccc([O-])c(O)c2)oc1=O)c1c(O)cc(/C=C/c2ccc([O-])c(O)c2)oc1=O. The third-order valence-electron chi connectivity index (χ3n) is 5.68. The average Bonchev–Trinajstić information content (AvgIpc) is 2.84. The van der Waals surface area contributed by atoms with E-state index in [0.29, 0.717) is 11.1 Å². The quantitative estimate of drug-likeness (QED) is 0.296. The number of aromatic hydroxyl groups is 4. The molecule has 0 radical (unpaired) electrons. The van der Waals surface area contributed by atoms with E-state index >= 15 is 0 Å². The summed E-state index contributed by atoms with van der Waals surface area (Å²) in [5, 5.41) is 62.7. The van der Waals surface area contributed by atoms with E-state index in [-0.39, 0.29) is 22.6 Å². The van der Waals surface area contributed by atoms with Gasteiger partial charge in [-0.05, 0) is 35.4 Å². The second kappa shape index (κ2) is 10.3. The number of hydrogen-bond donors (Lipinski definition) is 4. The molecule has 10 nitrogen and oxygen atoms in total. The Balaban J connectivity index is 1.61. The van der Waals surface area contributed by atoms with Crippen LogP contribution in [-0.2, 0) is 0 Å². The lowest BCUT2D eigenvalue weighted by atomic mass is 9.94. The first-order valence-corrected chi connectivity index (χ1v) is 11.1. The molecule has 0 fully saturated rings. The van der Waals surface area contributed by atoms with Crippen molar-refractivity contribution in [3.8, 4) is 34.5 Å². The fraction of sp³-hybridized carbons (Fsp3) is 0.0714. The van der Waals surface area contributed by atoms with Gasteiger partial charge in [0, 0.05) is 18.1 Å². The molecule has 0 unspecified atom stereocenters. The highest BCUT2D eigenvalue weighted by molar-refractivity contribution is 5.70. The van der Waals surface area contributed by atoms with Crippen molar-refractivity contribution in [2.75, 3.05) is 0 Å². The zero-order valence-electron chi connectivity index (χ0n) is 19.7. The molecule has 0 atom stereocenters. The third kappa shape index (κ3) is 5.39. The van der Waals surface area contributed by atoms with Gasteiger partial charge in [0.2, 0.25) is 0 Å². The van der Waals surface area contributed by atoms with E-state index in [1.165, 1.54) is 67.6 Å². The highest BCUT2D eigenvalue weighted by atomic mass is 16.4. The fourth-order valence-electron chi connectivity index (χ4n) is 3.76. The van der Waals surface area contributed by atoms with Crippen molar-refractivity contribution in [1.29, 1.82) is 0 Å². The molecule has 0 aliphatic heterocycles. The van der Waals surface area contributed by atoms with Gasteiger partial charge in [0.1, 0.15) is 34.5 Å². The second-order valence-corrected chi connectivity index (χ2v) is 8.31. The minimum Gasteiger partial charge on any atom is -0.870 e. The molecule has 2 aromatic carbocycles. The van der Waals surface area contributed by atoms with Gasteiger partial charge in [0.25, 0.3) is 0 Å². The number of hydrogen-bond acceptors (Lipinski definition) is 10. The lowest BCUT2D eigenvalue weighted by molar-refractivity contribution is -0.270. The molecular formula is C28H20O10-2. The Hall–Kier alpha value is -5.38. The van der Waals surface area contributed by atoms with E-state index in [2.05, 4.69) is 0 Å². The largest absolute Gasteiger partial charge is 0.870 e. The molecular weight excluding hydrogens is 496 g/mol. The molecule has 0 aliphatic rings. The summed E-state index contributed by atoms with van der Waals surface area (Å²) in [6, 6.07) is 9.96. The lowest BCUT2D eigenvalue weighted by Gasteiger charge is -2.13. The van der Waals surface area contributed by atoms with Crippen LogP contribution >= 0.6 is 0 Å². The molecule has 0 spiro atoms. The highest BCUT2D eigenvalue weighted by Gasteiger charge is 2.25. The Kier molecular flexibility index (Phi) is 6.98. The Morgan fingerprint density at radius 1 is 0.632 bits per heavy atom. The molecule has 4 aromatic rings. The van der Waals surface area contributed by atoms with Crippen molar-refractivity contribution in [3.05, 3.63) is 103 Å². The maximum Gasteiger partial charge on any atom is 0.343 e. The number of benzene rings is 2. The smallest absolute Gasteiger partial charge is 0.343 e. The van der Waals surface area contributed by atoms with E-state index in [0.717, 1.165) is 12.1 Å². The van der Waals surface area contributed by atoms with Crippen molar-refractivity contribution >= 4 is 24.3 Å². The molecule has 10 heteroatoms. The summed E-state index contributed by atoms with van der Waals surface area (Å²) >= 11 is 0. The Morgan fingerprint density at radius 2 is 1.03 bits per heavy atom. The van der Waals surface area contributed by atoms with Gasteiger partial charge in [-0.15, -0.1) is 0 Å². The highest BCUT2D eigenvalue weighted by Crippen LogP contribution is 2.33. The van der Waals surface area contributed by atoms with E-state index < -0.39 is 51.7 Å². The van der Waals surface area contributed by atoms with E-state index in [4.69, 9.17) is 8.83 Å². The predicted octanol–water partition coefficient (Wildman–Crippen LogP) is 3.06. The first-order valence-electron chi connectivity index (χ1n) is 11.1. The summed E-state index contributed by atoms with van der Waals surface area (Å²) in [4.78, 5) is 25.4. The molecule has 2 heterocycles. The predicted molar refractivity (Wildman–Crippen MR) is 134 cm³/mol. The zero-order valence-corrected chi connectivity index (χ0v) is 19.7. The normalized spacial score (nSPS) is 11.6. The van der Waals surface area contributed by atoms with Crippen LogP contribution in [0.15, 0.2) is 67.0 Å². The first-order chi connectivity index (χ1) is 18.0. The summed E-state index contributed by atoms with van der Waals surface area (Å²) in [6.07, 6.45) is 5.57. The van der Waals surface area contributed by atoms with Gasteiger partial charge in [-0.2, -0.15) is 0 Å². The summed E-state index contributed by atoms with van der Waals surface area (Å²) in [5.74, 6) is -4.15. The summed E-state index contributed by atoms with van der Waals surface area (Å²) in [6.45, 7) is 1.41. The van der Waals surface area contributed by atoms with Crippen LogP contribution in [0.25, 0.3) is 24.3 Å². The first kappa shape index (κ1) is 25.7. The molecule has 2 aromatic heterocycles.